The molecule has 0 saturated carbocycles. The normalized spacial score (nSPS) is 11.6. The van der Waals surface area contributed by atoms with Gasteiger partial charge in [-0.25, -0.2) is 9.48 Å². The minimum atomic E-state index is -0.292. The summed E-state index contributed by atoms with van der Waals surface area (Å²) in [7, 11) is 0. The molecule has 37 heavy (non-hydrogen) atoms. The second-order valence-electron chi connectivity index (χ2n) is 11.0. The van der Waals surface area contributed by atoms with Gasteiger partial charge in [0.25, 0.3) is 0 Å². The Bertz CT molecular complexity index is 1200. The smallest absolute Gasteiger partial charge is 0.315 e. The van der Waals surface area contributed by atoms with Crippen LogP contribution in [-0.2, 0) is 10.2 Å². The number of rotatable bonds is 8. The zero-order chi connectivity index (χ0) is 27.3. The summed E-state index contributed by atoms with van der Waals surface area (Å²) in [5.41, 5.74) is 4.54. The zero-order valence-electron chi connectivity index (χ0n) is 23.4. The van der Waals surface area contributed by atoms with E-state index in [1.807, 2.05) is 61.5 Å². The Kier molecular flexibility index (Phi) is 8.79. The Morgan fingerprint density at radius 3 is 2.03 bits per heavy atom. The molecule has 0 aliphatic carbocycles. The van der Waals surface area contributed by atoms with Crippen molar-refractivity contribution < 1.29 is 9.59 Å². The Balaban J connectivity index is 1.82. The average Bonchev–Trinajstić information content (AvgIpc) is 3.27. The van der Waals surface area contributed by atoms with Crippen LogP contribution < -0.4 is 10.6 Å². The summed E-state index contributed by atoms with van der Waals surface area (Å²) < 4.78 is 1.74. The van der Waals surface area contributed by atoms with Crippen LogP contribution in [0.1, 0.15) is 84.0 Å². The average molecular weight is 504 g/mol. The van der Waals surface area contributed by atoms with Gasteiger partial charge in [0.05, 0.1) is 11.4 Å². The standard InChI is InChI=1S/C30H41N5O2/c1-9-34(29(37)32-28-23(20(2)3)16-13-17-24(28)21(4)5)19-27(36)31-26-18-25(30(6,7)8)33-35(26)22-14-11-10-12-15-22/h10-18,20-21H,9,19H2,1-8H3,(H,31,36)(H,32,37). The summed E-state index contributed by atoms with van der Waals surface area (Å²) in [6, 6.07) is 17.4. The lowest BCUT2D eigenvalue weighted by molar-refractivity contribution is -0.116. The van der Waals surface area contributed by atoms with Crippen LogP contribution in [0.15, 0.2) is 54.6 Å². The molecule has 0 aliphatic rings. The molecule has 0 saturated heterocycles. The molecular weight excluding hydrogens is 462 g/mol. The summed E-state index contributed by atoms with van der Waals surface area (Å²) >= 11 is 0. The van der Waals surface area contributed by atoms with Crippen LogP contribution in [0.4, 0.5) is 16.3 Å². The molecule has 3 rings (SSSR count). The molecule has 0 spiro atoms. The highest BCUT2D eigenvalue weighted by molar-refractivity contribution is 5.97. The van der Waals surface area contributed by atoms with Gasteiger partial charge in [0.15, 0.2) is 0 Å². The van der Waals surface area contributed by atoms with Crippen LogP contribution in [0.3, 0.4) is 0 Å². The molecule has 0 unspecified atom stereocenters. The minimum Gasteiger partial charge on any atom is -0.315 e. The van der Waals surface area contributed by atoms with Gasteiger partial charge in [0.2, 0.25) is 5.91 Å². The molecule has 3 aromatic rings. The van der Waals surface area contributed by atoms with Gasteiger partial charge in [-0.3, -0.25) is 4.79 Å². The highest BCUT2D eigenvalue weighted by Crippen LogP contribution is 2.32. The van der Waals surface area contributed by atoms with Gasteiger partial charge in [0, 0.05) is 23.7 Å². The molecule has 3 amide bonds. The fraction of sp³-hybridized carbons (Fsp3) is 0.433. The summed E-state index contributed by atoms with van der Waals surface area (Å²) in [4.78, 5) is 28.0. The number of likely N-dealkylation sites (N-methyl/N-ethyl adjacent to an activating group) is 1. The molecule has 1 heterocycles. The van der Waals surface area contributed by atoms with Gasteiger partial charge in [0.1, 0.15) is 12.4 Å². The number of nitrogens with one attached hydrogen (secondary N) is 2. The van der Waals surface area contributed by atoms with Crippen LogP contribution in [0.25, 0.3) is 5.69 Å². The quantitative estimate of drug-likeness (QED) is 0.351. The van der Waals surface area contributed by atoms with Crippen molar-refractivity contribution in [1.82, 2.24) is 14.7 Å². The topological polar surface area (TPSA) is 79.3 Å². The number of hydrogen-bond donors (Lipinski definition) is 2. The first-order valence-electron chi connectivity index (χ1n) is 13.1. The van der Waals surface area contributed by atoms with Gasteiger partial charge in [-0.1, -0.05) is 84.9 Å². The second-order valence-corrected chi connectivity index (χ2v) is 11.0. The van der Waals surface area contributed by atoms with Crippen molar-refractivity contribution in [2.45, 2.75) is 72.6 Å². The molecule has 1 aromatic heterocycles. The van der Waals surface area contributed by atoms with E-state index in [1.54, 1.807) is 4.68 Å². The van der Waals surface area contributed by atoms with Gasteiger partial charge < -0.3 is 15.5 Å². The Morgan fingerprint density at radius 2 is 1.51 bits per heavy atom. The third kappa shape index (κ3) is 6.79. The van der Waals surface area contributed by atoms with E-state index in [-0.39, 0.29) is 35.7 Å². The van der Waals surface area contributed by atoms with Crippen molar-refractivity contribution in [3.63, 3.8) is 0 Å². The van der Waals surface area contributed by atoms with E-state index in [4.69, 9.17) is 5.10 Å². The molecule has 0 fully saturated rings. The number of hydrogen-bond acceptors (Lipinski definition) is 3. The SMILES string of the molecule is CCN(CC(=O)Nc1cc(C(C)(C)C)nn1-c1ccccc1)C(=O)Nc1c(C(C)C)cccc1C(C)C. The molecule has 0 bridgehead atoms. The highest BCUT2D eigenvalue weighted by atomic mass is 16.2. The number of nitrogens with zero attached hydrogens (tertiary/aromatic N) is 3. The van der Waals surface area contributed by atoms with Crippen molar-refractivity contribution in [2.24, 2.45) is 0 Å². The molecule has 7 heteroatoms. The van der Waals surface area contributed by atoms with Crippen LogP contribution in [0.5, 0.6) is 0 Å². The fourth-order valence-corrected chi connectivity index (χ4v) is 4.17. The third-order valence-corrected chi connectivity index (χ3v) is 6.35. The van der Waals surface area contributed by atoms with Gasteiger partial charge in [-0.15, -0.1) is 0 Å². The number of amides is 3. The molecule has 0 aliphatic heterocycles. The fourth-order valence-electron chi connectivity index (χ4n) is 4.17. The van der Waals surface area contributed by atoms with Crippen molar-refractivity contribution in [1.29, 1.82) is 0 Å². The maximum atomic E-state index is 13.3. The van der Waals surface area contributed by atoms with Crippen molar-refractivity contribution in [2.75, 3.05) is 23.7 Å². The number of anilines is 2. The van der Waals surface area contributed by atoms with E-state index in [1.165, 1.54) is 4.90 Å². The Labute approximate surface area is 221 Å². The molecule has 2 aromatic carbocycles. The van der Waals surface area contributed by atoms with Gasteiger partial charge in [-0.05, 0) is 42.0 Å². The molecule has 2 N–H and O–H groups in total. The van der Waals surface area contributed by atoms with E-state index in [0.29, 0.717) is 12.4 Å². The lowest BCUT2D eigenvalue weighted by atomic mass is 9.92. The maximum absolute atomic E-state index is 13.3. The monoisotopic (exact) mass is 503 g/mol. The second kappa shape index (κ2) is 11.6. The van der Waals surface area contributed by atoms with Gasteiger partial charge in [-0.2, -0.15) is 5.10 Å². The van der Waals surface area contributed by atoms with Crippen LogP contribution in [-0.4, -0.2) is 39.7 Å². The first-order valence-corrected chi connectivity index (χ1v) is 13.1. The molecule has 7 nitrogen and oxygen atoms in total. The van der Waals surface area contributed by atoms with Crippen LogP contribution >= 0.6 is 0 Å². The summed E-state index contributed by atoms with van der Waals surface area (Å²) in [6.07, 6.45) is 0. The summed E-state index contributed by atoms with van der Waals surface area (Å²) in [6.45, 7) is 16.9. The Morgan fingerprint density at radius 1 is 0.919 bits per heavy atom. The Hall–Kier alpha value is -3.61. The molecular formula is C30H41N5O2. The zero-order valence-corrected chi connectivity index (χ0v) is 23.4. The molecule has 0 radical (unpaired) electrons. The summed E-state index contributed by atoms with van der Waals surface area (Å²) in [5, 5.41) is 10.9. The number of carbonyl (C=O) groups is 2. The van der Waals surface area contributed by atoms with Crippen molar-refractivity contribution >= 4 is 23.4 Å². The largest absolute Gasteiger partial charge is 0.322 e. The number of aromatic nitrogens is 2. The first-order chi connectivity index (χ1) is 17.4. The minimum absolute atomic E-state index is 0.0754. The lowest BCUT2D eigenvalue weighted by Gasteiger charge is -2.25. The third-order valence-electron chi connectivity index (χ3n) is 6.35. The molecule has 198 valence electrons. The van der Waals surface area contributed by atoms with E-state index in [0.717, 1.165) is 28.2 Å². The predicted octanol–water partition coefficient (Wildman–Crippen LogP) is 6.91. The van der Waals surface area contributed by atoms with E-state index < -0.39 is 0 Å². The van der Waals surface area contributed by atoms with Gasteiger partial charge >= 0.3 is 6.03 Å². The number of urea groups is 1. The van der Waals surface area contributed by atoms with E-state index >= 15 is 0 Å². The molecule has 0 atom stereocenters. The van der Waals surface area contributed by atoms with Crippen molar-refractivity contribution in [3.8, 4) is 5.69 Å². The number of benzene rings is 2. The predicted molar refractivity (Wildman–Crippen MR) is 152 cm³/mol. The number of para-hydroxylation sites is 2. The van der Waals surface area contributed by atoms with Crippen LogP contribution in [0.2, 0.25) is 0 Å². The van der Waals surface area contributed by atoms with E-state index in [2.05, 4.69) is 59.1 Å². The number of carbonyl (C=O) groups excluding carboxylic acids is 2. The first kappa shape index (κ1) is 28.0. The van der Waals surface area contributed by atoms with Crippen molar-refractivity contribution in [3.05, 3.63) is 71.4 Å². The highest BCUT2D eigenvalue weighted by Gasteiger charge is 2.24. The van der Waals surface area contributed by atoms with Crippen LogP contribution in [0, 0.1) is 0 Å². The lowest BCUT2D eigenvalue weighted by Crippen LogP contribution is -2.41. The van der Waals surface area contributed by atoms with E-state index in [9.17, 15) is 9.59 Å². The maximum Gasteiger partial charge on any atom is 0.322 e. The summed E-state index contributed by atoms with van der Waals surface area (Å²) in [5.74, 6) is 0.797.